The zero-order chi connectivity index (χ0) is 11.5. The zero-order valence-electron chi connectivity index (χ0n) is 10.0. The van der Waals surface area contributed by atoms with E-state index in [-0.39, 0.29) is 5.92 Å². The second-order valence-corrected chi connectivity index (χ2v) is 4.73. The average Bonchev–Trinajstić information content (AvgIpc) is 2.15. The molecule has 0 aliphatic heterocycles. The first kappa shape index (κ1) is 12.1. The fraction of sp³-hybridized carbons (Fsp3) is 0.538. The van der Waals surface area contributed by atoms with Crippen LogP contribution in [-0.4, -0.2) is 17.3 Å². The summed E-state index contributed by atoms with van der Waals surface area (Å²) in [7, 11) is 0. The smallest absolute Gasteiger partial charge is 0.0813 e. The molecule has 0 radical (unpaired) electrons. The highest BCUT2D eigenvalue weighted by molar-refractivity contribution is 5.45. The molecule has 1 aromatic carbocycles. The Labute approximate surface area is 92.3 Å². The normalized spacial score (nSPS) is 15.1. The third-order valence-electron chi connectivity index (χ3n) is 2.91. The molecular formula is C13H21NO. The second kappa shape index (κ2) is 4.67. The first-order chi connectivity index (χ1) is 6.92. The van der Waals surface area contributed by atoms with E-state index >= 15 is 0 Å². The van der Waals surface area contributed by atoms with E-state index in [2.05, 4.69) is 24.4 Å². The highest BCUT2D eigenvalue weighted by Gasteiger charge is 2.24. The molecule has 0 spiro atoms. The van der Waals surface area contributed by atoms with Crippen molar-refractivity contribution in [1.29, 1.82) is 0 Å². The molecule has 1 aromatic rings. The maximum Gasteiger partial charge on any atom is 0.0813 e. The zero-order valence-corrected chi connectivity index (χ0v) is 10.0. The van der Waals surface area contributed by atoms with Gasteiger partial charge in [0.1, 0.15) is 0 Å². The van der Waals surface area contributed by atoms with Crippen LogP contribution < -0.4 is 5.32 Å². The molecule has 0 saturated carbocycles. The third-order valence-corrected chi connectivity index (χ3v) is 2.91. The summed E-state index contributed by atoms with van der Waals surface area (Å²) in [4.78, 5) is 0. The predicted octanol–water partition coefficient (Wildman–Crippen LogP) is 2.81. The van der Waals surface area contributed by atoms with E-state index in [1.807, 2.05) is 32.9 Å². The Morgan fingerprint density at radius 1 is 1.40 bits per heavy atom. The van der Waals surface area contributed by atoms with Crippen LogP contribution in [-0.2, 0) is 0 Å². The van der Waals surface area contributed by atoms with Gasteiger partial charge in [-0.3, -0.25) is 0 Å². The maximum absolute atomic E-state index is 10.1. The van der Waals surface area contributed by atoms with Crippen LogP contribution in [0.15, 0.2) is 24.3 Å². The molecule has 0 aliphatic rings. The molecule has 1 unspecified atom stereocenters. The standard InChI is InChI=1S/C13H21NO/c1-10(2)13(4,15)9-14-12-7-5-6-11(3)8-12/h5-8,10,14-15H,9H2,1-4H3. The van der Waals surface area contributed by atoms with E-state index in [0.717, 1.165) is 5.69 Å². The Kier molecular flexibility index (Phi) is 3.75. The first-order valence-corrected chi connectivity index (χ1v) is 5.45. The fourth-order valence-electron chi connectivity index (χ4n) is 1.24. The Balaban J connectivity index is 2.57. The van der Waals surface area contributed by atoms with E-state index in [1.165, 1.54) is 5.56 Å². The van der Waals surface area contributed by atoms with Gasteiger partial charge in [0.05, 0.1) is 5.60 Å². The van der Waals surface area contributed by atoms with Crippen molar-refractivity contribution in [2.75, 3.05) is 11.9 Å². The summed E-state index contributed by atoms with van der Waals surface area (Å²) < 4.78 is 0. The molecule has 0 aliphatic carbocycles. The quantitative estimate of drug-likeness (QED) is 0.795. The molecule has 1 rings (SSSR count). The molecule has 0 heterocycles. The van der Waals surface area contributed by atoms with Crippen molar-refractivity contribution in [3.05, 3.63) is 29.8 Å². The number of nitrogens with one attached hydrogen (secondary N) is 1. The summed E-state index contributed by atoms with van der Waals surface area (Å²) in [5.74, 6) is 0.245. The molecule has 0 aromatic heterocycles. The van der Waals surface area contributed by atoms with Crippen LogP contribution in [0.2, 0.25) is 0 Å². The summed E-state index contributed by atoms with van der Waals surface area (Å²) in [5.41, 5.74) is 1.63. The van der Waals surface area contributed by atoms with Gasteiger partial charge >= 0.3 is 0 Å². The minimum Gasteiger partial charge on any atom is -0.388 e. The van der Waals surface area contributed by atoms with Crippen molar-refractivity contribution in [2.24, 2.45) is 5.92 Å². The average molecular weight is 207 g/mol. The monoisotopic (exact) mass is 207 g/mol. The van der Waals surface area contributed by atoms with Crippen molar-refractivity contribution in [2.45, 2.75) is 33.3 Å². The number of benzene rings is 1. The highest BCUT2D eigenvalue weighted by atomic mass is 16.3. The lowest BCUT2D eigenvalue weighted by Gasteiger charge is -2.28. The topological polar surface area (TPSA) is 32.3 Å². The van der Waals surface area contributed by atoms with Gasteiger partial charge in [-0.25, -0.2) is 0 Å². The summed E-state index contributed by atoms with van der Waals surface area (Å²) in [6.07, 6.45) is 0. The summed E-state index contributed by atoms with van der Waals surface area (Å²) in [6.45, 7) is 8.55. The molecule has 0 bridgehead atoms. The number of aliphatic hydroxyl groups is 1. The van der Waals surface area contributed by atoms with Crippen LogP contribution in [0.5, 0.6) is 0 Å². The molecule has 15 heavy (non-hydrogen) atoms. The van der Waals surface area contributed by atoms with Crippen LogP contribution in [0.4, 0.5) is 5.69 Å². The number of hydrogen-bond donors (Lipinski definition) is 2. The van der Waals surface area contributed by atoms with Gasteiger partial charge in [-0.2, -0.15) is 0 Å². The SMILES string of the molecule is Cc1cccc(NCC(C)(O)C(C)C)c1. The van der Waals surface area contributed by atoms with Gasteiger partial charge in [0.2, 0.25) is 0 Å². The van der Waals surface area contributed by atoms with Gasteiger partial charge in [0, 0.05) is 12.2 Å². The Hall–Kier alpha value is -1.02. The van der Waals surface area contributed by atoms with Crippen molar-refractivity contribution in [3.8, 4) is 0 Å². The van der Waals surface area contributed by atoms with Crippen LogP contribution in [0.25, 0.3) is 0 Å². The minimum absolute atomic E-state index is 0.245. The van der Waals surface area contributed by atoms with Crippen molar-refractivity contribution >= 4 is 5.69 Å². The molecule has 84 valence electrons. The van der Waals surface area contributed by atoms with E-state index < -0.39 is 5.60 Å². The summed E-state index contributed by atoms with van der Waals surface area (Å²) in [5, 5.41) is 13.3. The fourth-order valence-corrected chi connectivity index (χ4v) is 1.24. The van der Waals surface area contributed by atoms with Gasteiger partial charge < -0.3 is 10.4 Å². The number of aryl methyl sites for hydroxylation is 1. The van der Waals surface area contributed by atoms with Gasteiger partial charge in [-0.1, -0.05) is 26.0 Å². The largest absolute Gasteiger partial charge is 0.388 e. The van der Waals surface area contributed by atoms with Crippen LogP contribution >= 0.6 is 0 Å². The Morgan fingerprint density at radius 2 is 2.07 bits per heavy atom. The molecule has 2 nitrogen and oxygen atoms in total. The second-order valence-electron chi connectivity index (χ2n) is 4.73. The summed E-state index contributed by atoms with van der Waals surface area (Å²) >= 11 is 0. The number of rotatable bonds is 4. The molecule has 0 fully saturated rings. The number of hydrogen-bond acceptors (Lipinski definition) is 2. The van der Waals surface area contributed by atoms with E-state index in [0.29, 0.717) is 6.54 Å². The van der Waals surface area contributed by atoms with Crippen LogP contribution in [0.1, 0.15) is 26.3 Å². The van der Waals surface area contributed by atoms with E-state index in [1.54, 1.807) is 0 Å². The molecule has 2 heteroatoms. The minimum atomic E-state index is -0.663. The predicted molar refractivity (Wildman–Crippen MR) is 65.1 cm³/mol. The Morgan fingerprint density at radius 3 is 2.60 bits per heavy atom. The van der Waals surface area contributed by atoms with E-state index in [9.17, 15) is 5.11 Å². The molecule has 0 saturated heterocycles. The summed E-state index contributed by atoms with van der Waals surface area (Å²) in [6, 6.07) is 8.17. The van der Waals surface area contributed by atoms with Crippen LogP contribution in [0.3, 0.4) is 0 Å². The molecule has 1 atom stereocenters. The first-order valence-electron chi connectivity index (χ1n) is 5.45. The molecule has 2 N–H and O–H groups in total. The van der Waals surface area contributed by atoms with E-state index in [4.69, 9.17) is 0 Å². The van der Waals surface area contributed by atoms with Crippen molar-refractivity contribution in [3.63, 3.8) is 0 Å². The van der Waals surface area contributed by atoms with Gasteiger partial charge in [-0.15, -0.1) is 0 Å². The lowest BCUT2D eigenvalue weighted by molar-refractivity contribution is 0.0266. The Bertz CT molecular complexity index is 318. The van der Waals surface area contributed by atoms with Crippen molar-refractivity contribution < 1.29 is 5.11 Å². The lowest BCUT2D eigenvalue weighted by atomic mass is 9.92. The number of anilines is 1. The molecule has 0 amide bonds. The van der Waals surface area contributed by atoms with Crippen molar-refractivity contribution in [1.82, 2.24) is 0 Å². The van der Waals surface area contributed by atoms with Crippen LogP contribution in [0, 0.1) is 12.8 Å². The van der Waals surface area contributed by atoms with Gasteiger partial charge in [0.25, 0.3) is 0 Å². The van der Waals surface area contributed by atoms with Gasteiger partial charge in [0.15, 0.2) is 0 Å². The van der Waals surface area contributed by atoms with Gasteiger partial charge in [-0.05, 0) is 37.5 Å². The lowest BCUT2D eigenvalue weighted by Crippen LogP contribution is -2.38. The third kappa shape index (κ3) is 3.56. The molecular weight excluding hydrogens is 186 g/mol. The maximum atomic E-state index is 10.1. The highest BCUT2D eigenvalue weighted by Crippen LogP contribution is 2.17.